The van der Waals surface area contributed by atoms with Crippen molar-refractivity contribution in [3.63, 3.8) is 0 Å². The standard InChI is InChI=1S/C32H31N3O4S2/c1-4-21-8-6-10-25-22(18-35(29(21)25)19-27(36)33-17-24-9-7-15-40-24)16-26-30(37)28(32(38)39-5-2)31(41-26)34-23-13-11-20(3)12-14-23/h6-16,18,37H,4-5,17,19H2,1-3H3,(H,33,36)/b26-16-,34-31?. The highest BCUT2D eigenvalue weighted by atomic mass is 32.2. The number of fused-ring (bicyclic) bond motifs is 1. The average Bonchev–Trinajstić information content (AvgIpc) is 3.68. The number of aryl methyl sites for hydroxylation is 2. The van der Waals surface area contributed by atoms with E-state index in [-0.39, 0.29) is 30.4 Å². The van der Waals surface area contributed by atoms with Crippen LogP contribution >= 0.6 is 23.1 Å². The Morgan fingerprint density at radius 3 is 2.61 bits per heavy atom. The third-order valence-corrected chi connectivity index (χ3v) is 8.57. The zero-order chi connectivity index (χ0) is 28.9. The Morgan fingerprint density at radius 1 is 1.10 bits per heavy atom. The lowest BCUT2D eigenvalue weighted by Gasteiger charge is -2.09. The molecule has 41 heavy (non-hydrogen) atoms. The largest absolute Gasteiger partial charge is 0.506 e. The molecule has 1 aliphatic heterocycles. The number of esters is 1. The van der Waals surface area contributed by atoms with Crippen LogP contribution in [0.5, 0.6) is 0 Å². The van der Waals surface area contributed by atoms with E-state index in [1.54, 1.807) is 18.3 Å². The van der Waals surface area contributed by atoms with Crippen LogP contribution in [0.15, 0.2) is 87.4 Å². The first-order valence-electron chi connectivity index (χ1n) is 13.4. The molecule has 4 aromatic rings. The van der Waals surface area contributed by atoms with E-state index in [2.05, 4.69) is 23.3 Å². The number of rotatable bonds is 9. The number of para-hydroxylation sites is 1. The van der Waals surface area contributed by atoms with Crippen LogP contribution in [0, 0.1) is 6.92 Å². The molecule has 7 nitrogen and oxygen atoms in total. The molecule has 0 aliphatic carbocycles. The predicted molar refractivity (Wildman–Crippen MR) is 168 cm³/mol. The van der Waals surface area contributed by atoms with Crippen molar-refractivity contribution in [2.45, 2.75) is 40.3 Å². The fraction of sp³-hybridized carbons (Fsp3) is 0.219. The van der Waals surface area contributed by atoms with Crippen molar-refractivity contribution in [1.29, 1.82) is 0 Å². The third kappa shape index (κ3) is 6.31. The van der Waals surface area contributed by atoms with Gasteiger partial charge in [0.1, 0.15) is 22.9 Å². The molecule has 9 heteroatoms. The summed E-state index contributed by atoms with van der Waals surface area (Å²) in [5, 5.41) is 17.6. The normalized spacial score (nSPS) is 15.3. The molecular formula is C32H31N3O4S2. The Labute approximate surface area is 247 Å². The van der Waals surface area contributed by atoms with Gasteiger partial charge >= 0.3 is 5.97 Å². The lowest BCUT2D eigenvalue weighted by atomic mass is 10.1. The van der Waals surface area contributed by atoms with Gasteiger partial charge in [0.2, 0.25) is 5.91 Å². The minimum absolute atomic E-state index is 0.0506. The van der Waals surface area contributed by atoms with Gasteiger partial charge < -0.3 is 19.7 Å². The van der Waals surface area contributed by atoms with E-state index in [1.165, 1.54) is 11.8 Å². The topological polar surface area (TPSA) is 92.9 Å². The molecular weight excluding hydrogens is 555 g/mol. The number of ether oxygens (including phenoxy) is 1. The summed E-state index contributed by atoms with van der Waals surface area (Å²) in [5.74, 6) is -0.874. The van der Waals surface area contributed by atoms with E-state index < -0.39 is 5.97 Å². The summed E-state index contributed by atoms with van der Waals surface area (Å²) < 4.78 is 7.21. The fourth-order valence-corrected chi connectivity index (χ4v) is 6.34. The Kier molecular flexibility index (Phi) is 8.75. The minimum atomic E-state index is -0.620. The number of amides is 1. The zero-order valence-electron chi connectivity index (χ0n) is 23.1. The fourth-order valence-electron chi connectivity index (χ4n) is 4.67. The second kappa shape index (κ2) is 12.6. The number of aromatic nitrogens is 1. The van der Waals surface area contributed by atoms with Crippen LogP contribution < -0.4 is 5.32 Å². The maximum atomic E-state index is 12.9. The number of aliphatic imine (C=N–C) groups is 1. The van der Waals surface area contributed by atoms with Gasteiger partial charge in [-0.1, -0.05) is 60.6 Å². The molecule has 0 bridgehead atoms. The SMILES string of the molecule is CCOC(=O)C1=C(O)/C(=C/c2cn(CC(=O)NCc3cccs3)c3c(CC)cccc23)SC1=Nc1ccc(C)cc1. The van der Waals surface area contributed by atoms with Gasteiger partial charge in [-0.05, 0) is 55.5 Å². The lowest BCUT2D eigenvalue weighted by Crippen LogP contribution is -2.26. The second-order valence-electron chi connectivity index (χ2n) is 9.54. The zero-order valence-corrected chi connectivity index (χ0v) is 24.8. The summed E-state index contributed by atoms with van der Waals surface area (Å²) in [6.45, 7) is 6.63. The van der Waals surface area contributed by atoms with E-state index in [1.807, 2.05) is 77.7 Å². The highest BCUT2D eigenvalue weighted by Gasteiger charge is 2.33. The van der Waals surface area contributed by atoms with Gasteiger partial charge in [0, 0.05) is 22.0 Å². The van der Waals surface area contributed by atoms with Gasteiger partial charge in [-0.2, -0.15) is 0 Å². The van der Waals surface area contributed by atoms with Crippen molar-refractivity contribution in [1.82, 2.24) is 9.88 Å². The summed E-state index contributed by atoms with van der Waals surface area (Å²) in [5.41, 5.74) is 4.74. The molecule has 2 N–H and O–H groups in total. The molecule has 2 aromatic heterocycles. The first-order valence-corrected chi connectivity index (χ1v) is 15.1. The number of nitrogens with one attached hydrogen (secondary N) is 1. The van der Waals surface area contributed by atoms with Crippen molar-refractivity contribution in [2.24, 2.45) is 4.99 Å². The number of thiophene rings is 1. The molecule has 3 heterocycles. The maximum Gasteiger partial charge on any atom is 0.344 e. The van der Waals surface area contributed by atoms with Crippen molar-refractivity contribution in [3.8, 4) is 0 Å². The van der Waals surface area contributed by atoms with Gasteiger partial charge in [0.05, 0.1) is 29.3 Å². The molecule has 210 valence electrons. The molecule has 5 rings (SSSR count). The number of hydrogen-bond acceptors (Lipinski definition) is 7. The number of carbonyl (C=O) groups is 2. The Bertz CT molecular complexity index is 1680. The molecule has 0 unspecified atom stereocenters. The maximum absolute atomic E-state index is 12.9. The monoisotopic (exact) mass is 585 g/mol. The summed E-state index contributed by atoms with van der Waals surface area (Å²) in [6.07, 6.45) is 4.57. The molecule has 0 spiro atoms. The van der Waals surface area contributed by atoms with Gasteiger partial charge in [-0.25, -0.2) is 9.79 Å². The van der Waals surface area contributed by atoms with E-state index in [0.29, 0.717) is 22.2 Å². The molecule has 1 aliphatic rings. The Hall–Kier alpha value is -4.08. The molecule has 1 amide bonds. The second-order valence-corrected chi connectivity index (χ2v) is 11.6. The molecule has 0 atom stereocenters. The van der Waals surface area contributed by atoms with Crippen molar-refractivity contribution >= 4 is 62.7 Å². The summed E-state index contributed by atoms with van der Waals surface area (Å²) in [7, 11) is 0. The van der Waals surface area contributed by atoms with Gasteiger partial charge in [-0.3, -0.25) is 4.79 Å². The van der Waals surface area contributed by atoms with Crippen molar-refractivity contribution in [3.05, 3.63) is 104 Å². The van der Waals surface area contributed by atoms with Crippen LogP contribution in [0.2, 0.25) is 0 Å². The minimum Gasteiger partial charge on any atom is -0.506 e. The lowest BCUT2D eigenvalue weighted by molar-refractivity contribution is -0.138. The third-order valence-electron chi connectivity index (χ3n) is 6.67. The number of thioether (sulfide) groups is 1. The predicted octanol–water partition coefficient (Wildman–Crippen LogP) is 7.08. The molecule has 0 fully saturated rings. The van der Waals surface area contributed by atoms with Gasteiger partial charge in [-0.15, -0.1) is 11.3 Å². The van der Waals surface area contributed by atoms with Crippen LogP contribution in [-0.2, 0) is 33.8 Å². The quantitative estimate of drug-likeness (QED) is 0.205. The van der Waals surface area contributed by atoms with Crippen LogP contribution in [-0.4, -0.2) is 33.2 Å². The summed E-state index contributed by atoms with van der Waals surface area (Å²) >= 11 is 2.83. The number of aliphatic hydroxyl groups is 1. The highest BCUT2D eigenvalue weighted by Crippen LogP contribution is 2.41. The van der Waals surface area contributed by atoms with Crippen LogP contribution in [0.3, 0.4) is 0 Å². The number of aliphatic hydroxyl groups excluding tert-OH is 1. The molecule has 0 saturated carbocycles. The molecule has 0 saturated heterocycles. The number of carbonyl (C=O) groups excluding carboxylic acids is 2. The van der Waals surface area contributed by atoms with Gasteiger partial charge in [0.25, 0.3) is 0 Å². The first-order chi connectivity index (χ1) is 19.9. The first kappa shape index (κ1) is 28.4. The van der Waals surface area contributed by atoms with Crippen LogP contribution in [0.25, 0.3) is 17.0 Å². The van der Waals surface area contributed by atoms with Crippen LogP contribution in [0.4, 0.5) is 5.69 Å². The van der Waals surface area contributed by atoms with E-state index in [0.717, 1.165) is 38.9 Å². The summed E-state index contributed by atoms with van der Waals surface area (Å²) in [6, 6.07) is 17.7. The van der Waals surface area contributed by atoms with E-state index in [4.69, 9.17) is 4.74 Å². The van der Waals surface area contributed by atoms with Gasteiger partial charge in [0.15, 0.2) is 0 Å². The van der Waals surface area contributed by atoms with Crippen molar-refractivity contribution in [2.75, 3.05) is 6.61 Å². The Morgan fingerprint density at radius 2 is 1.90 bits per heavy atom. The summed E-state index contributed by atoms with van der Waals surface area (Å²) in [4.78, 5) is 32.0. The number of nitrogens with zero attached hydrogens (tertiary/aromatic N) is 2. The van der Waals surface area contributed by atoms with Crippen molar-refractivity contribution < 1.29 is 19.4 Å². The van der Waals surface area contributed by atoms with E-state index in [9.17, 15) is 14.7 Å². The highest BCUT2D eigenvalue weighted by molar-refractivity contribution is 8.18. The number of hydrogen-bond donors (Lipinski definition) is 2. The Balaban J connectivity index is 1.52. The van der Waals surface area contributed by atoms with E-state index >= 15 is 0 Å². The average molecular weight is 586 g/mol. The smallest absolute Gasteiger partial charge is 0.344 e. The molecule has 0 radical (unpaired) electrons. The molecule has 2 aromatic carbocycles. The van der Waals surface area contributed by atoms with Crippen LogP contribution in [0.1, 0.15) is 35.4 Å². The number of benzene rings is 2.